The summed E-state index contributed by atoms with van der Waals surface area (Å²) >= 11 is 0. The summed E-state index contributed by atoms with van der Waals surface area (Å²) < 4.78 is 11.9. The van der Waals surface area contributed by atoms with Crippen LogP contribution in [0, 0.1) is 5.92 Å². The van der Waals surface area contributed by atoms with Gasteiger partial charge < -0.3 is 0 Å². The van der Waals surface area contributed by atoms with Crippen LogP contribution in [0.3, 0.4) is 0 Å². The van der Waals surface area contributed by atoms with E-state index in [1.807, 2.05) is 0 Å². The Morgan fingerprint density at radius 2 is 1.60 bits per heavy atom. The van der Waals surface area contributed by atoms with Crippen molar-refractivity contribution >= 4 is 0 Å². The van der Waals surface area contributed by atoms with E-state index in [1.165, 1.54) is 38.5 Å². The fraction of sp³-hybridized carbons (Fsp3) is 1.00. The maximum Gasteiger partial charge on any atom is 0.0897 e. The minimum atomic E-state index is -0.106. The van der Waals surface area contributed by atoms with Crippen LogP contribution in [0.2, 0.25) is 0 Å². The molecule has 1 rings (SSSR count). The highest BCUT2D eigenvalue weighted by atomic mass is 19.1. The van der Waals surface area contributed by atoms with Crippen molar-refractivity contribution in [2.24, 2.45) is 5.92 Å². The molecule has 0 amide bonds. The molecular weight excluding hydrogens is 127 g/mol. The number of hydrogen-bond acceptors (Lipinski definition) is 0. The molecule has 60 valence electrons. The molecule has 0 heterocycles. The first-order chi connectivity index (χ1) is 4.93. The fourth-order valence-electron chi connectivity index (χ4n) is 1.81. The van der Waals surface area contributed by atoms with Gasteiger partial charge in [0.2, 0.25) is 0 Å². The molecule has 10 heavy (non-hydrogen) atoms. The van der Waals surface area contributed by atoms with Crippen LogP contribution in [0.1, 0.15) is 44.9 Å². The second-order valence-electron chi connectivity index (χ2n) is 3.34. The first kappa shape index (κ1) is 8.03. The molecule has 0 aromatic heterocycles. The topological polar surface area (TPSA) is 0 Å². The van der Waals surface area contributed by atoms with Crippen molar-refractivity contribution in [1.29, 1.82) is 0 Å². The minimum absolute atomic E-state index is 0.106. The van der Waals surface area contributed by atoms with Crippen LogP contribution in [0.15, 0.2) is 0 Å². The van der Waals surface area contributed by atoms with E-state index in [4.69, 9.17) is 0 Å². The average Bonchev–Trinajstić information content (AvgIpc) is 2.17. The highest BCUT2D eigenvalue weighted by Crippen LogP contribution is 2.25. The normalized spacial score (nSPS) is 22.5. The Labute approximate surface area is 62.8 Å². The molecule has 0 N–H and O–H groups in total. The molecule has 0 aromatic carbocycles. The summed E-state index contributed by atoms with van der Waals surface area (Å²) in [5.41, 5.74) is 0. The predicted molar refractivity (Wildman–Crippen MR) is 41.8 cm³/mol. The van der Waals surface area contributed by atoms with Crippen LogP contribution in [-0.2, 0) is 0 Å². The van der Waals surface area contributed by atoms with Gasteiger partial charge in [-0.3, -0.25) is 4.39 Å². The molecule has 0 unspecified atom stereocenters. The number of rotatable bonds is 2. The van der Waals surface area contributed by atoms with E-state index < -0.39 is 0 Å². The third kappa shape index (κ3) is 2.68. The van der Waals surface area contributed by atoms with Crippen LogP contribution in [-0.4, -0.2) is 6.67 Å². The quantitative estimate of drug-likeness (QED) is 0.521. The summed E-state index contributed by atoms with van der Waals surface area (Å²) in [6.07, 6.45) is 8.81. The smallest absolute Gasteiger partial charge is 0.0897 e. The lowest BCUT2D eigenvalue weighted by molar-refractivity contribution is 0.357. The van der Waals surface area contributed by atoms with E-state index in [0.717, 1.165) is 6.42 Å². The van der Waals surface area contributed by atoms with Gasteiger partial charge in [0.25, 0.3) is 0 Å². The monoisotopic (exact) mass is 144 g/mol. The zero-order chi connectivity index (χ0) is 7.23. The van der Waals surface area contributed by atoms with E-state index in [2.05, 4.69) is 0 Å². The van der Waals surface area contributed by atoms with Gasteiger partial charge >= 0.3 is 0 Å². The van der Waals surface area contributed by atoms with Crippen molar-refractivity contribution in [1.82, 2.24) is 0 Å². The summed E-state index contributed by atoms with van der Waals surface area (Å²) in [5, 5.41) is 0. The lowest BCUT2D eigenvalue weighted by Crippen LogP contribution is -1.98. The number of halogens is 1. The molecule has 0 atom stereocenters. The van der Waals surface area contributed by atoms with Crippen LogP contribution in [0.25, 0.3) is 0 Å². The third-order valence-electron chi connectivity index (χ3n) is 2.49. The Morgan fingerprint density at radius 1 is 1.00 bits per heavy atom. The summed E-state index contributed by atoms with van der Waals surface area (Å²) in [6, 6.07) is 0. The average molecular weight is 144 g/mol. The highest BCUT2D eigenvalue weighted by molar-refractivity contribution is 4.63. The van der Waals surface area contributed by atoms with Crippen molar-refractivity contribution in [3.05, 3.63) is 0 Å². The standard InChI is InChI=1S/C9H17F/c10-8-7-9-5-3-1-2-4-6-9/h9H,1-8H2. The van der Waals surface area contributed by atoms with Gasteiger partial charge in [-0.1, -0.05) is 38.5 Å². The van der Waals surface area contributed by atoms with E-state index in [9.17, 15) is 4.39 Å². The minimum Gasteiger partial charge on any atom is -0.251 e. The molecule has 0 saturated heterocycles. The van der Waals surface area contributed by atoms with Gasteiger partial charge in [-0.15, -0.1) is 0 Å². The lowest BCUT2D eigenvalue weighted by Gasteiger charge is -2.09. The second kappa shape index (κ2) is 4.70. The Bertz CT molecular complexity index is 72.8. The van der Waals surface area contributed by atoms with Gasteiger partial charge in [0.15, 0.2) is 0 Å². The highest BCUT2D eigenvalue weighted by Gasteiger charge is 2.10. The van der Waals surface area contributed by atoms with Crippen LogP contribution in [0.4, 0.5) is 4.39 Å². The van der Waals surface area contributed by atoms with Gasteiger partial charge in [-0.2, -0.15) is 0 Å². The molecule has 1 heteroatoms. The summed E-state index contributed by atoms with van der Waals surface area (Å²) in [5.74, 6) is 0.715. The molecule has 1 aliphatic rings. The fourth-order valence-corrected chi connectivity index (χ4v) is 1.81. The Kier molecular flexibility index (Phi) is 3.77. The maximum atomic E-state index is 11.9. The SMILES string of the molecule is FCCC1CCCCCC1. The Balaban J connectivity index is 2.15. The summed E-state index contributed by atoms with van der Waals surface area (Å²) in [7, 11) is 0. The number of alkyl halides is 1. The molecule has 0 aromatic rings. The van der Waals surface area contributed by atoms with Crippen molar-refractivity contribution in [2.75, 3.05) is 6.67 Å². The molecule has 0 nitrogen and oxygen atoms in total. The van der Waals surface area contributed by atoms with E-state index in [-0.39, 0.29) is 6.67 Å². The zero-order valence-corrected chi connectivity index (χ0v) is 6.61. The largest absolute Gasteiger partial charge is 0.251 e. The first-order valence-electron chi connectivity index (χ1n) is 4.49. The second-order valence-corrected chi connectivity index (χ2v) is 3.34. The van der Waals surface area contributed by atoms with Crippen LogP contribution >= 0.6 is 0 Å². The van der Waals surface area contributed by atoms with E-state index in [1.54, 1.807) is 0 Å². The third-order valence-corrected chi connectivity index (χ3v) is 2.49. The molecule has 0 aliphatic heterocycles. The molecule has 1 saturated carbocycles. The Morgan fingerprint density at radius 3 is 2.10 bits per heavy atom. The van der Waals surface area contributed by atoms with Crippen molar-refractivity contribution < 1.29 is 4.39 Å². The van der Waals surface area contributed by atoms with Gasteiger partial charge in [-0.05, 0) is 12.3 Å². The summed E-state index contributed by atoms with van der Waals surface area (Å²) in [4.78, 5) is 0. The van der Waals surface area contributed by atoms with Gasteiger partial charge in [0, 0.05) is 0 Å². The zero-order valence-electron chi connectivity index (χ0n) is 6.61. The van der Waals surface area contributed by atoms with Gasteiger partial charge in [0.1, 0.15) is 0 Å². The molecular formula is C9H17F. The van der Waals surface area contributed by atoms with Gasteiger partial charge in [0.05, 0.1) is 6.67 Å². The van der Waals surface area contributed by atoms with Crippen LogP contribution in [0.5, 0.6) is 0 Å². The van der Waals surface area contributed by atoms with E-state index >= 15 is 0 Å². The predicted octanol–water partition coefficient (Wildman–Crippen LogP) is 3.32. The molecule has 0 radical (unpaired) electrons. The van der Waals surface area contributed by atoms with E-state index in [0.29, 0.717) is 5.92 Å². The molecule has 0 bridgehead atoms. The molecule has 1 fully saturated rings. The maximum absolute atomic E-state index is 11.9. The van der Waals surface area contributed by atoms with Crippen molar-refractivity contribution in [3.8, 4) is 0 Å². The van der Waals surface area contributed by atoms with Gasteiger partial charge in [-0.25, -0.2) is 0 Å². The van der Waals surface area contributed by atoms with Crippen LogP contribution < -0.4 is 0 Å². The van der Waals surface area contributed by atoms with Crippen molar-refractivity contribution in [2.45, 2.75) is 44.9 Å². The molecule has 1 aliphatic carbocycles. The molecule has 0 spiro atoms. The number of hydrogen-bond donors (Lipinski definition) is 0. The van der Waals surface area contributed by atoms with Crippen molar-refractivity contribution in [3.63, 3.8) is 0 Å². The summed E-state index contributed by atoms with van der Waals surface area (Å²) in [6.45, 7) is -0.106. The Hall–Kier alpha value is -0.0700. The lowest BCUT2D eigenvalue weighted by atomic mass is 9.98. The first-order valence-corrected chi connectivity index (χ1v) is 4.49.